The van der Waals surface area contributed by atoms with Gasteiger partial charge in [-0.2, -0.15) is 13.2 Å². The molecule has 2 fully saturated rings. The monoisotopic (exact) mass is 603 g/mol. The lowest BCUT2D eigenvalue weighted by Gasteiger charge is -2.32. The maximum atomic E-state index is 12.5. The quantitative estimate of drug-likeness (QED) is 0.229. The van der Waals surface area contributed by atoms with Gasteiger partial charge in [0.15, 0.2) is 0 Å². The zero-order valence-corrected chi connectivity index (χ0v) is 24.0. The molecular weight excluding hydrogens is 567 g/mol. The zero-order chi connectivity index (χ0) is 30.1. The highest BCUT2D eigenvalue weighted by Gasteiger charge is 2.39. The van der Waals surface area contributed by atoms with E-state index in [1.54, 1.807) is 12.3 Å². The standard InChI is InChI=1S/C28H35N5OS.C2HF3O2/c29-23-9-4-5-10-24(23)32-28(34)26-19-31-27(35-26)11-6-14-33-15-12-20(13-16-33)18-30-25-17-22(25)21-7-2-1-3-8-21;3-2(4,5)1(6)7/h1-5,7-10,19-20,22,25,30H,6,11-18,29H2,(H,32,34);(H,6,7). The van der Waals surface area contributed by atoms with Crippen molar-refractivity contribution in [2.24, 2.45) is 5.92 Å². The van der Waals surface area contributed by atoms with Crippen LogP contribution in [0.4, 0.5) is 24.5 Å². The number of nitrogens with one attached hydrogen (secondary N) is 2. The Bertz CT molecular complexity index is 1310. The first-order valence-electron chi connectivity index (χ1n) is 14.0. The van der Waals surface area contributed by atoms with E-state index in [-0.39, 0.29) is 5.91 Å². The number of nitrogens with zero attached hydrogens (tertiary/aromatic N) is 2. The molecule has 1 saturated heterocycles. The number of alkyl halides is 3. The molecule has 2 unspecified atom stereocenters. The van der Waals surface area contributed by atoms with Gasteiger partial charge in [-0.15, -0.1) is 11.3 Å². The normalized spacial score (nSPS) is 19.0. The van der Waals surface area contributed by atoms with Gasteiger partial charge in [-0.1, -0.05) is 42.5 Å². The number of nitrogen functional groups attached to an aromatic ring is 1. The first-order valence-corrected chi connectivity index (χ1v) is 14.8. The number of hydrogen-bond donors (Lipinski definition) is 4. The highest BCUT2D eigenvalue weighted by atomic mass is 32.1. The lowest BCUT2D eigenvalue weighted by atomic mass is 9.96. The molecule has 1 aromatic heterocycles. The van der Waals surface area contributed by atoms with Crippen molar-refractivity contribution in [2.45, 2.75) is 50.2 Å². The van der Waals surface area contributed by atoms with Crippen molar-refractivity contribution in [1.29, 1.82) is 0 Å². The molecule has 0 radical (unpaired) electrons. The lowest BCUT2D eigenvalue weighted by molar-refractivity contribution is -0.192. The Morgan fingerprint density at radius 3 is 2.40 bits per heavy atom. The first-order chi connectivity index (χ1) is 20.1. The zero-order valence-electron chi connectivity index (χ0n) is 23.1. The number of carboxylic acids is 1. The molecule has 2 aliphatic rings. The van der Waals surface area contributed by atoms with Crippen LogP contribution < -0.4 is 16.4 Å². The van der Waals surface area contributed by atoms with E-state index in [1.165, 1.54) is 49.3 Å². The molecule has 5 N–H and O–H groups in total. The van der Waals surface area contributed by atoms with E-state index in [9.17, 15) is 18.0 Å². The van der Waals surface area contributed by atoms with Crippen molar-refractivity contribution in [3.63, 3.8) is 0 Å². The number of likely N-dealkylation sites (tertiary alicyclic amines) is 1. The van der Waals surface area contributed by atoms with Crippen LogP contribution >= 0.6 is 11.3 Å². The highest BCUT2D eigenvalue weighted by Crippen LogP contribution is 2.40. The fraction of sp³-hybridized carbons (Fsp3) is 0.433. The Hall–Kier alpha value is -3.48. The summed E-state index contributed by atoms with van der Waals surface area (Å²) in [5.74, 6) is -1.40. The minimum Gasteiger partial charge on any atom is -0.475 e. The Morgan fingerprint density at radius 1 is 1.07 bits per heavy atom. The van der Waals surface area contributed by atoms with Gasteiger partial charge in [0.1, 0.15) is 4.88 Å². The summed E-state index contributed by atoms with van der Waals surface area (Å²) in [7, 11) is 0. The number of para-hydroxylation sites is 2. The molecule has 8 nitrogen and oxygen atoms in total. The van der Waals surface area contributed by atoms with Crippen LogP contribution in [-0.2, 0) is 11.2 Å². The molecule has 2 aromatic carbocycles. The van der Waals surface area contributed by atoms with E-state index in [0.29, 0.717) is 28.2 Å². The number of carbonyl (C=O) groups is 2. The third-order valence-electron chi connectivity index (χ3n) is 7.49. The average molecular weight is 604 g/mol. The molecule has 226 valence electrons. The number of piperidine rings is 1. The Kier molecular flexibility index (Phi) is 10.9. The van der Waals surface area contributed by atoms with E-state index in [0.717, 1.165) is 36.9 Å². The number of benzene rings is 2. The highest BCUT2D eigenvalue weighted by molar-refractivity contribution is 7.13. The number of carbonyl (C=O) groups excluding carboxylic acids is 1. The van der Waals surface area contributed by atoms with E-state index in [2.05, 4.69) is 50.8 Å². The van der Waals surface area contributed by atoms with Crippen LogP contribution in [-0.4, -0.2) is 65.3 Å². The number of rotatable bonds is 10. The number of nitrogens with two attached hydrogens (primary N) is 1. The second kappa shape index (κ2) is 14.6. The van der Waals surface area contributed by atoms with Crippen LogP contribution in [0.3, 0.4) is 0 Å². The fourth-order valence-electron chi connectivity index (χ4n) is 5.00. The number of anilines is 2. The minimum absolute atomic E-state index is 0.149. The summed E-state index contributed by atoms with van der Waals surface area (Å²) in [6.07, 6.45) is 2.41. The van der Waals surface area contributed by atoms with Crippen LogP contribution in [0.5, 0.6) is 0 Å². The van der Waals surface area contributed by atoms with Gasteiger partial charge in [-0.3, -0.25) is 4.79 Å². The third-order valence-corrected chi connectivity index (χ3v) is 8.54. The van der Waals surface area contributed by atoms with Crippen LogP contribution in [0.25, 0.3) is 0 Å². The number of halogens is 3. The molecule has 1 aliphatic carbocycles. The second-order valence-corrected chi connectivity index (χ2v) is 11.7. The number of aliphatic carboxylic acids is 1. The Labute approximate surface area is 247 Å². The predicted molar refractivity (Wildman–Crippen MR) is 158 cm³/mol. The summed E-state index contributed by atoms with van der Waals surface area (Å²) in [6.45, 7) is 4.62. The van der Waals surface area contributed by atoms with Crippen LogP contribution in [0, 0.1) is 5.92 Å². The summed E-state index contributed by atoms with van der Waals surface area (Å²) < 4.78 is 31.7. The van der Waals surface area contributed by atoms with E-state index in [4.69, 9.17) is 15.6 Å². The third kappa shape index (κ3) is 9.53. The number of aryl methyl sites for hydroxylation is 1. The van der Waals surface area contributed by atoms with E-state index < -0.39 is 12.1 Å². The lowest BCUT2D eigenvalue weighted by Crippen LogP contribution is -2.38. The number of carboxylic acid groups (broad SMARTS) is 1. The molecule has 1 saturated carbocycles. The van der Waals surface area contributed by atoms with Crippen LogP contribution in [0.2, 0.25) is 0 Å². The molecule has 1 amide bonds. The van der Waals surface area contributed by atoms with Gasteiger partial charge in [0.05, 0.1) is 22.6 Å². The number of aromatic nitrogens is 1. The van der Waals surface area contributed by atoms with Crippen LogP contribution in [0.15, 0.2) is 60.8 Å². The van der Waals surface area contributed by atoms with Gasteiger partial charge in [0, 0.05) is 18.4 Å². The maximum Gasteiger partial charge on any atom is 0.490 e. The average Bonchev–Trinajstić information content (AvgIpc) is 3.60. The van der Waals surface area contributed by atoms with Crippen molar-refractivity contribution in [1.82, 2.24) is 15.2 Å². The Morgan fingerprint density at radius 2 is 1.74 bits per heavy atom. The number of thiazole rings is 1. The molecule has 3 aromatic rings. The van der Waals surface area contributed by atoms with Crippen molar-refractivity contribution in [3.05, 3.63) is 76.2 Å². The molecule has 0 spiro atoms. The fourth-order valence-corrected chi connectivity index (χ4v) is 5.86. The van der Waals surface area contributed by atoms with Crippen LogP contribution in [0.1, 0.15) is 51.8 Å². The van der Waals surface area contributed by atoms with Gasteiger partial charge >= 0.3 is 12.1 Å². The van der Waals surface area contributed by atoms with Gasteiger partial charge in [0.25, 0.3) is 5.91 Å². The summed E-state index contributed by atoms with van der Waals surface area (Å²) in [6, 6.07) is 18.9. The SMILES string of the molecule is Nc1ccccc1NC(=O)c1cnc(CCCN2CCC(CNC3CC3c3ccccc3)CC2)s1.O=C(O)C(F)(F)F. The second-order valence-electron chi connectivity index (χ2n) is 10.6. The van der Waals surface area contributed by atoms with Gasteiger partial charge in [-0.25, -0.2) is 9.78 Å². The minimum atomic E-state index is -5.08. The molecule has 2 heterocycles. The van der Waals surface area contributed by atoms with Crippen molar-refractivity contribution in [2.75, 3.05) is 37.2 Å². The van der Waals surface area contributed by atoms with Gasteiger partial charge in [0.2, 0.25) is 0 Å². The van der Waals surface area contributed by atoms with Gasteiger partial charge in [-0.05, 0) is 75.5 Å². The maximum absolute atomic E-state index is 12.5. The van der Waals surface area contributed by atoms with Gasteiger partial charge < -0.3 is 26.4 Å². The summed E-state index contributed by atoms with van der Waals surface area (Å²) >= 11 is 1.48. The first kappa shape index (κ1) is 31.5. The van der Waals surface area contributed by atoms with Crippen molar-refractivity contribution >= 4 is 34.6 Å². The van der Waals surface area contributed by atoms with E-state index >= 15 is 0 Å². The smallest absolute Gasteiger partial charge is 0.475 e. The van der Waals surface area contributed by atoms with E-state index in [1.807, 2.05) is 18.2 Å². The number of amides is 1. The molecule has 5 rings (SSSR count). The molecule has 2 atom stereocenters. The largest absolute Gasteiger partial charge is 0.490 e. The topological polar surface area (TPSA) is 121 Å². The number of hydrogen-bond acceptors (Lipinski definition) is 7. The van der Waals surface area contributed by atoms with Crippen molar-refractivity contribution < 1.29 is 27.9 Å². The summed E-state index contributed by atoms with van der Waals surface area (Å²) in [5.41, 5.74) is 8.60. The molecular formula is C30H36F3N5O3S. The molecule has 1 aliphatic heterocycles. The molecule has 12 heteroatoms. The molecule has 0 bridgehead atoms. The predicted octanol–water partition coefficient (Wildman–Crippen LogP) is 5.40. The molecule has 42 heavy (non-hydrogen) atoms. The summed E-state index contributed by atoms with van der Waals surface area (Å²) in [4.78, 5) is 29.1. The Balaban J connectivity index is 0.000000517. The van der Waals surface area contributed by atoms with Crippen molar-refractivity contribution in [3.8, 4) is 0 Å². The summed E-state index contributed by atoms with van der Waals surface area (Å²) in [5, 5.41) is 14.8.